The summed E-state index contributed by atoms with van der Waals surface area (Å²) in [6.45, 7) is 1.66. The molecule has 0 spiro atoms. The number of fused-ring (bicyclic) bond motifs is 1. The third kappa shape index (κ3) is 2.47. The van der Waals surface area contributed by atoms with E-state index in [9.17, 15) is 8.78 Å². The highest BCUT2D eigenvalue weighted by Gasteiger charge is 2.13. The van der Waals surface area contributed by atoms with Crippen molar-refractivity contribution in [2.24, 2.45) is 0 Å². The fourth-order valence-electron chi connectivity index (χ4n) is 2.16. The molecule has 1 heterocycles. The number of hydrogen-bond donors (Lipinski definition) is 3. The minimum absolute atomic E-state index is 0.00932. The zero-order chi connectivity index (χ0) is 15.7. The summed E-state index contributed by atoms with van der Waals surface area (Å²) in [6, 6.07) is 7.56. The highest BCUT2D eigenvalue weighted by Crippen LogP contribution is 2.27. The molecule has 3 rings (SSSR count). The highest BCUT2D eigenvalue weighted by molar-refractivity contribution is 5.92. The van der Waals surface area contributed by atoms with E-state index in [1.807, 2.05) is 0 Å². The van der Waals surface area contributed by atoms with Gasteiger partial charge in [-0.2, -0.15) is 5.48 Å². The predicted octanol–water partition coefficient (Wildman–Crippen LogP) is 2.54. The van der Waals surface area contributed by atoms with Crippen LogP contribution < -0.4 is 10.8 Å². The largest absolute Gasteiger partial charge is 0.337 e. The van der Waals surface area contributed by atoms with Crippen LogP contribution >= 0.6 is 0 Å². The normalized spacial score (nSPS) is 10.9. The predicted molar refractivity (Wildman–Crippen MR) is 77.3 cm³/mol. The number of hydrogen-bond acceptors (Lipinski definition) is 4. The number of quaternary nitrogens is 1. The molecule has 5 nitrogen and oxygen atoms in total. The van der Waals surface area contributed by atoms with Crippen LogP contribution in [0.4, 0.5) is 26.0 Å². The standard InChI is InChI=1S/C15H12F2N4O/c1-8-3-2-4-11(14(8)17)20-15-9-5-13(21-22)10(16)6-12(9)18-7-19-15/h2-7,21-22H,1H3,(H,18,19,20)/p+1. The van der Waals surface area contributed by atoms with Crippen molar-refractivity contribution in [3.05, 3.63) is 53.9 Å². The van der Waals surface area contributed by atoms with Crippen molar-refractivity contribution in [2.45, 2.75) is 6.92 Å². The van der Waals surface area contributed by atoms with E-state index in [0.29, 0.717) is 27.8 Å². The molecule has 0 unspecified atom stereocenters. The summed E-state index contributed by atoms with van der Waals surface area (Å²) in [6.07, 6.45) is 1.26. The Morgan fingerprint density at radius 1 is 1.18 bits per heavy atom. The van der Waals surface area contributed by atoms with Crippen molar-refractivity contribution in [3.8, 4) is 0 Å². The van der Waals surface area contributed by atoms with Gasteiger partial charge in [0.2, 0.25) is 0 Å². The van der Waals surface area contributed by atoms with Crippen LogP contribution in [0.25, 0.3) is 10.9 Å². The SMILES string of the molecule is Cc1cccc(Nc2ncnc3cc(F)c([NH2+]O)cc23)c1F. The van der Waals surface area contributed by atoms with Gasteiger partial charge in [0.1, 0.15) is 18.0 Å². The summed E-state index contributed by atoms with van der Waals surface area (Å²) in [7, 11) is 0. The molecule has 0 atom stereocenters. The number of rotatable bonds is 3. The molecule has 0 saturated heterocycles. The molecular weight excluding hydrogens is 290 g/mol. The lowest BCUT2D eigenvalue weighted by Gasteiger charge is -2.10. The van der Waals surface area contributed by atoms with Crippen molar-refractivity contribution in [2.75, 3.05) is 5.32 Å². The number of aryl methyl sites for hydroxylation is 1. The van der Waals surface area contributed by atoms with Crippen molar-refractivity contribution in [1.82, 2.24) is 9.97 Å². The summed E-state index contributed by atoms with van der Waals surface area (Å²) in [5.74, 6) is -0.649. The van der Waals surface area contributed by atoms with E-state index in [1.165, 1.54) is 18.5 Å². The first-order chi connectivity index (χ1) is 10.6. The number of nitrogens with one attached hydrogen (secondary N) is 1. The van der Waals surface area contributed by atoms with Crippen LogP contribution in [0, 0.1) is 18.6 Å². The first kappa shape index (κ1) is 14.3. The number of aromatic nitrogens is 2. The second kappa shape index (κ2) is 5.63. The van der Waals surface area contributed by atoms with E-state index in [2.05, 4.69) is 15.3 Å². The average Bonchev–Trinajstić information content (AvgIpc) is 2.51. The molecule has 3 aromatic rings. The van der Waals surface area contributed by atoms with Crippen LogP contribution in [-0.4, -0.2) is 15.2 Å². The first-order valence-electron chi connectivity index (χ1n) is 6.54. The topological polar surface area (TPSA) is 74.7 Å². The molecule has 0 fully saturated rings. The van der Waals surface area contributed by atoms with Crippen LogP contribution in [-0.2, 0) is 0 Å². The molecular formula is C15H13F2N4O+. The lowest BCUT2D eigenvalue weighted by Crippen LogP contribution is -2.74. The van der Waals surface area contributed by atoms with Crippen molar-refractivity contribution >= 4 is 28.1 Å². The van der Waals surface area contributed by atoms with E-state index in [4.69, 9.17) is 5.21 Å². The fraction of sp³-hybridized carbons (Fsp3) is 0.0667. The minimum Gasteiger partial charge on any atom is -0.337 e. The van der Waals surface area contributed by atoms with Gasteiger partial charge >= 0.3 is 0 Å². The number of nitrogens with two attached hydrogens (primary N) is 1. The van der Waals surface area contributed by atoms with Crippen LogP contribution in [0.5, 0.6) is 0 Å². The maximum absolute atomic E-state index is 14.1. The van der Waals surface area contributed by atoms with Crippen molar-refractivity contribution in [1.29, 1.82) is 0 Å². The average molecular weight is 303 g/mol. The summed E-state index contributed by atoms with van der Waals surface area (Å²) >= 11 is 0. The van der Waals surface area contributed by atoms with Gasteiger partial charge in [0.15, 0.2) is 11.5 Å². The van der Waals surface area contributed by atoms with E-state index in [1.54, 1.807) is 25.1 Å². The van der Waals surface area contributed by atoms with Crippen molar-refractivity contribution < 1.29 is 19.5 Å². The van der Waals surface area contributed by atoms with Gasteiger partial charge in [0, 0.05) is 17.5 Å². The van der Waals surface area contributed by atoms with Gasteiger partial charge in [-0.05, 0) is 18.6 Å². The van der Waals surface area contributed by atoms with Crippen LogP contribution in [0.15, 0.2) is 36.7 Å². The Bertz CT molecular complexity index is 854. The second-order valence-electron chi connectivity index (χ2n) is 4.80. The maximum Gasteiger partial charge on any atom is 0.198 e. The van der Waals surface area contributed by atoms with Crippen LogP contribution in [0.1, 0.15) is 5.56 Å². The van der Waals surface area contributed by atoms with Gasteiger partial charge < -0.3 is 5.32 Å². The van der Waals surface area contributed by atoms with E-state index in [-0.39, 0.29) is 17.2 Å². The molecule has 7 heteroatoms. The molecule has 0 aliphatic heterocycles. The number of halogens is 2. The number of benzene rings is 2. The molecule has 0 aliphatic carbocycles. The molecule has 0 bridgehead atoms. The molecule has 1 aromatic heterocycles. The molecule has 0 radical (unpaired) electrons. The summed E-state index contributed by atoms with van der Waals surface area (Å²) < 4.78 is 27.7. The van der Waals surface area contributed by atoms with Gasteiger partial charge in [0.05, 0.1) is 11.2 Å². The molecule has 22 heavy (non-hydrogen) atoms. The smallest absolute Gasteiger partial charge is 0.198 e. The van der Waals surface area contributed by atoms with E-state index >= 15 is 0 Å². The molecule has 0 amide bonds. The highest BCUT2D eigenvalue weighted by atomic mass is 19.1. The van der Waals surface area contributed by atoms with E-state index < -0.39 is 5.82 Å². The van der Waals surface area contributed by atoms with Gasteiger partial charge in [-0.15, -0.1) is 0 Å². The Balaban J connectivity index is 2.12. The quantitative estimate of drug-likeness (QED) is 0.513. The third-order valence-electron chi connectivity index (χ3n) is 3.34. The van der Waals surface area contributed by atoms with Gasteiger partial charge in [0.25, 0.3) is 0 Å². The zero-order valence-corrected chi connectivity index (χ0v) is 11.6. The Kier molecular flexibility index (Phi) is 3.66. The molecule has 0 saturated carbocycles. The Hall–Kier alpha value is -2.64. The van der Waals surface area contributed by atoms with Crippen LogP contribution in [0.2, 0.25) is 0 Å². The lowest BCUT2D eigenvalue weighted by atomic mass is 10.1. The fourth-order valence-corrected chi connectivity index (χ4v) is 2.16. The third-order valence-corrected chi connectivity index (χ3v) is 3.34. The Labute approximate surface area is 124 Å². The minimum atomic E-state index is -0.596. The summed E-state index contributed by atoms with van der Waals surface area (Å²) in [4.78, 5) is 8.05. The number of nitrogens with zero attached hydrogens (tertiary/aromatic N) is 2. The number of anilines is 2. The van der Waals surface area contributed by atoms with Gasteiger partial charge in [-0.3, -0.25) is 0 Å². The Morgan fingerprint density at radius 2 is 2.00 bits per heavy atom. The molecule has 112 valence electrons. The maximum atomic E-state index is 14.1. The van der Waals surface area contributed by atoms with Crippen LogP contribution in [0.3, 0.4) is 0 Å². The molecule has 0 aliphatic rings. The second-order valence-corrected chi connectivity index (χ2v) is 4.80. The van der Waals surface area contributed by atoms with Crippen molar-refractivity contribution in [3.63, 3.8) is 0 Å². The zero-order valence-electron chi connectivity index (χ0n) is 11.6. The molecule has 4 N–H and O–H groups in total. The van der Waals surface area contributed by atoms with E-state index in [0.717, 1.165) is 0 Å². The lowest BCUT2D eigenvalue weighted by molar-refractivity contribution is -0.826. The molecule has 2 aromatic carbocycles. The Morgan fingerprint density at radius 3 is 2.77 bits per heavy atom. The summed E-state index contributed by atoms with van der Waals surface area (Å²) in [5, 5.41) is 12.4. The first-order valence-corrected chi connectivity index (χ1v) is 6.54. The monoisotopic (exact) mass is 303 g/mol. The van der Waals surface area contributed by atoms with Gasteiger partial charge in [-0.25, -0.2) is 24.0 Å². The summed E-state index contributed by atoms with van der Waals surface area (Å²) in [5.41, 5.74) is 1.79. The van der Waals surface area contributed by atoms with Gasteiger partial charge in [-0.1, -0.05) is 12.1 Å².